The van der Waals surface area contributed by atoms with Crippen LogP contribution in [0.15, 0.2) is 78.9 Å². The maximum absolute atomic E-state index is 12.5. The smallest absolute Gasteiger partial charge is 0.219 e. The minimum Gasteiger partial charge on any atom is -0.282 e. The first-order valence-corrected chi connectivity index (χ1v) is 11.6. The Labute approximate surface area is 191 Å². The molecule has 4 heteroatoms. The van der Waals surface area contributed by atoms with Crippen LogP contribution in [0.1, 0.15) is 45.1 Å². The van der Waals surface area contributed by atoms with Gasteiger partial charge in [-0.05, 0) is 47.4 Å². The van der Waals surface area contributed by atoms with Crippen molar-refractivity contribution in [2.45, 2.75) is 12.3 Å². The van der Waals surface area contributed by atoms with Crippen LogP contribution in [-0.4, -0.2) is 15.9 Å². The minimum atomic E-state index is 0.177. The molecule has 2 nitrogen and oxygen atoms in total. The quantitative estimate of drug-likeness (QED) is 0.330. The second-order valence-corrected chi connectivity index (χ2v) is 9.15. The standard InChI is InChI=1S/C27H20ClNOS/c28-21-11-9-19-10-13-22(29-26(19)17-21)12-8-18-4-3-5-20(16-18)23-14-15-31-27(30)25-7-2-1-6-24(23)25/h1-13,16-17,23H,14-15H2/b12-8+. The molecule has 1 atom stereocenters. The fourth-order valence-electron chi connectivity index (χ4n) is 4.10. The number of pyridine rings is 1. The Morgan fingerprint density at radius 3 is 2.74 bits per heavy atom. The normalized spacial score (nSPS) is 16.4. The number of carbonyl (C=O) groups is 1. The molecule has 0 amide bonds. The number of hydrogen-bond donors (Lipinski definition) is 0. The third-order valence-corrected chi connectivity index (χ3v) is 6.79. The Bertz CT molecular complexity index is 1310. The molecule has 31 heavy (non-hydrogen) atoms. The largest absolute Gasteiger partial charge is 0.282 e. The van der Waals surface area contributed by atoms with Crippen molar-refractivity contribution in [3.8, 4) is 0 Å². The fraction of sp³-hybridized carbons (Fsp3) is 0.111. The summed E-state index contributed by atoms with van der Waals surface area (Å²) in [5.41, 5.74) is 6.11. The molecule has 0 saturated carbocycles. The number of carbonyl (C=O) groups excluding carboxylic acids is 1. The summed E-state index contributed by atoms with van der Waals surface area (Å²) >= 11 is 7.53. The molecule has 4 aromatic rings. The Morgan fingerprint density at radius 2 is 1.81 bits per heavy atom. The van der Waals surface area contributed by atoms with Gasteiger partial charge in [-0.25, -0.2) is 4.98 Å². The van der Waals surface area contributed by atoms with Gasteiger partial charge in [0.25, 0.3) is 0 Å². The second-order valence-electron chi connectivity index (χ2n) is 7.64. The average Bonchev–Trinajstić information content (AvgIpc) is 2.96. The number of rotatable bonds is 3. The molecule has 0 N–H and O–H groups in total. The summed E-state index contributed by atoms with van der Waals surface area (Å²) in [6.07, 6.45) is 5.07. The van der Waals surface area contributed by atoms with Gasteiger partial charge in [0.15, 0.2) is 0 Å². The maximum Gasteiger partial charge on any atom is 0.219 e. The Morgan fingerprint density at radius 1 is 0.935 bits per heavy atom. The minimum absolute atomic E-state index is 0.177. The van der Waals surface area contributed by atoms with Crippen LogP contribution in [0.3, 0.4) is 0 Å². The molecule has 1 aliphatic rings. The van der Waals surface area contributed by atoms with E-state index in [0.29, 0.717) is 5.02 Å². The molecule has 0 saturated heterocycles. The zero-order valence-corrected chi connectivity index (χ0v) is 18.4. The molecule has 2 heterocycles. The number of aromatic nitrogens is 1. The molecule has 1 aliphatic heterocycles. The molecule has 0 fully saturated rings. The Hall–Kier alpha value is -2.88. The summed E-state index contributed by atoms with van der Waals surface area (Å²) in [5.74, 6) is 1.06. The van der Waals surface area contributed by atoms with Crippen molar-refractivity contribution in [2.24, 2.45) is 0 Å². The molecule has 3 aromatic carbocycles. The first kappa shape index (κ1) is 20.0. The first-order valence-electron chi connectivity index (χ1n) is 10.3. The van der Waals surface area contributed by atoms with E-state index in [1.54, 1.807) is 0 Å². The molecule has 0 radical (unpaired) electrons. The number of fused-ring (bicyclic) bond motifs is 2. The van der Waals surface area contributed by atoms with E-state index in [0.717, 1.165) is 45.5 Å². The number of thioether (sulfide) groups is 1. The summed E-state index contributed by atoms with van der Waals surface area (Å²) in [5, 5.41) is 1.94. The fourth-order valence-corrected chi connectivity index (χ4v) is 5.14. The zero-order chi connectivity index (χ0) is 21.2. The van der Waals surface area contributed by atoms with Crippen molar-refractivity contribution in [1.82, 2.24) is 4.98 Å². The predicted molar refractivity (Wildman–Crippen MR) is 132 cm³/mol. The highest BCUT2D eigenvalue weighted by Crippen LogP contribution is 2.37. The van der Waals surface area contributed by atoms with Crippen LogP contribution in [0.5, 0.6) is 0 Å². The topological polar surface area (TPSA) is 30.0 Å². The van der Waals surface area contributed by atoms with Crippen LogP contribution in [-0.2, 0) is 0 Å². The van der Waals surface area contributed by atoms with Crippen LogP contribution in [0.4, 0.5) is 0 Å². The van der Waals surface area contributed by atoms with Crippen LogP contribution >= 0.6 is 23.4 Å². The number of benzene rings is 3. The highest BCUT2D eigenvalue weighted by Gasteiger charge is 2.24. The average molecular weight is 442 g/mol. The monoisotopic (exact) mass is 441 g/mol. The van der Waals surface area contributed by atoms with E-state index in [4.69, 9.17) is 16.6 Å². The van der Waals surface area contributed by atoms with Crippen LogP contribution in [0.25, 0.3) is 23.1 Å². The first-order chi connectivity index (χ1) is 15.2. The lowest BCUT2D eigenvalue weighted by Crippen LogP contribution is -2.04. The SMILES string of the molecule is O=C1SCCC(c2cccc(/C=C/c3ccc4ccc(Cl)cc4n3)c2)c2ccccc21. The third kappa shape index (κ3) is 4.30. The molecular formula is C27H20ClNOS. The van der Waals surface area contributed by atoms with Crippen molar-refractivity contribution in [2.75, 3.05) is 5.75 Å². The third-order valence-electron chi connectivity index (χ3n) is 5.63. The van der Waals surface area contributed by atoms with Crippen LogP contribution in [0, 0.1) is 0 Å². The van der Waals surface area contributed by atoms with Gasteiger partial charge >= 0.3 is 0 Å². The zero-order valence-electron chi connectivity index (χ0n) is 16.8. The van der Waals surface area contributed by atoms with Crippen LogP contribution < -0.4 is 0 Å². The number of hydrogen-bond acceptors (Lipinski definition) is 3. The van der Waals surface area contributed by atoms with E-state index in [2.05, 4.69) is 42.5 Å². The van der Waals surface area contributed by atoms with E-state index in [1.807, 2.05) is 48.5 Å². The van der Waals surface area contributed by atoms with Gasteiger partial charge < -0.3 is 0 Å². The number of halogens is 1. The summed E-state index contributed by atoms with van der Waals surface area (Å²) in [7, 11) is 0. The summed E-state index contributed by atoms with van der Waals surface area (Å²) in [6, 6.07) is 26.4. The van der Waals surface area contributed by atoms with Crippen molar-refractivity contribution < 1.29 is 4.79 Å². The molecule has 0 bridgehead atoms. The van der Waals surface area contributed by atoms with Gasteiger partial charge in [-0.2, -0.15) is 0 Å². The Kier molecular flexibility index (Phi) is 5.63. The van der Waals surface area contributed by atoms with Gasteiger partial charge in [0.2, 0.25) is 5.12 Å². The molecule has 152 valence electrons. The molecule has 1 unspecified atom stereocenters. The highest BCUT2D eigenvalue weighted by molar-refractivity contribution is 8.14. The molecular weight excluding hydrogens is 422 g/mol. The summed E-state index contributed by atoms with van der Waals surface area (Å²) in [4.78, 5) is 17.2. The van der Waals surface area contributed by atoms with Crippen molar-refractivity contribution in [1.29, 1.82) is 0 Å². The van der Waals surface area contributed by atoms with E-state index < -0.39 is 0 Å². The van der Waals surface area contributed by atoms with Gasteiger partial charge in [0, 0.05) is 27.6 Å². The summed E-state index contributed by atoms with van der Waals surface area (Å²) in [6.45, 7) is 0. The summed E-state index contributed by atoms with van der Waals surface area (Å²) < 4.78 is 0. The lowest BCUT2D eigenvalue weighted by Gasteiger charge is -2.18. The van der Waals surface area contributed by atoms with E-state index in [1.165, 1.54) is 17.3 Å². The van der Waals surface area contributed by atoms with Crippen molar-refractivity contribution >= 4 is 51.5 Å². The van der Waals surface area contributed by atoms with Crippen molar-refractivity contribution in [3.63, 3.8) is 0 Å². The van der Waals surface area contributed by atoms with Gasteiger partial charge in [-0.15, -0.1) is 0 Å². The molecule has 0 aliphatic carbocycles. The van der Waals surface area contributed by atoms with Gasteiger partial charge in [-0.1, -0.05) is 90.1 Å². The highest BCUT2D eigenvalue weighted by atomic mass is 35.5. The molecule has 5 rings (SSSR count). The maximum atomic E-state index is 12.5. The Balaban J connectivity index is 1.46. The molecule has 1 aromatic heterocycles. The van der Waals surface area contributed by atoms with E-state index >= 15 is 0 Å². The van der Waals surface area contributed by atoms with Crippen molar-refractivity contribution in [3.05, 3.63) is 112 Å². The second kappa shape index (κ2) is 8.70. The number of nitrogens with zero attached hydrogens (tertiary/aromatic N) is 1. The van der Waals surface area contributed by atoms with Gasteiger partial charge in [0.05, 0.1) is 11.2 Å². The van der Waals surface area contributed by atoms with E-state index in [-0.39, 0.29) is 11.0 Å². The van der Waals surface area contributed by atoms with Gasteiger partial charge in [0.1, 0.15) is 0 Å². The van der Waals surface area contributed by atoms with E-state index in [9.17, 15) is 4.79 Å². The predicted octanol–water partition coefficient (Wildman–Crippen LogP) is 7.47. The molecule has 0 spiro atoms. The lowest BCUT2D eigenvalue weighted by molar-refractivity contribution is 0.108. The lowest BCUT2D eigenvalue weighted by atomic mass is 9.86. The van der Waals surface area contributed by atoms with Crippen LogP contribution in [0.2, 0.25) is 5.02 Å². The van der Waals surface area contributed by atoms with Gasteiger partial charge in [-0.3, -0.25) is 4.79 Å².